The summed E-state index contributed by atoms with van der Waals surface area (Å²) in [5.41, 5.74) is 6.72. The molecular formula is C53H103N5O4. The normalized spacial score (nSPS) is 11.4. The van der Waals surface area contributed by atoms with Gasteiger partial charge in [0.05, 0.1) is 18.8 Å². The molecular weight excluding hydrogens is 771 g/mol. The standard InChI is InChI=1S/C36H65N5O4.C15H32.C2H6/c1-5-6-7-8-9-16-21-29-45-34(43)24-18-13-11-15-20-26-40(25-19-14-10-12-17-23-31(2)42)27-22-28-41-30-38-35(32(41)3)36(44)39-33(4)37;1-4-6-8-10-12-14-15(3)13-11-9-7-5-2;1-2/h30H,4-29,37H2,1-3H3,(H,39,44);15H,4-14H2,1-3H3;1-2H3. The summed E-state index contributed by atoms with van der Waals surface area (Å²) >= 11 is 0. The first-order chi connectivity index (χ1) is 30.0. The minimum Gasteiger partial charge on any atom is -0.466 e. The zero-order valence-electron chi connectivity index (χ0n) is 42.4. The fourth-order valence-corrected chi connectivity index (χ4v) is 7.75. The third-order valence-electron chi connectivity index (χ3n) is 11.7. The number of nitrogens with zero attached hydrogens (tertiary/aromatic N) is 3. The van der Waals surface area contributed by atoms with E-state index in [-0.39, 0.29) is 23.5 Å². The van der Waals surface area contributed by atoms with E-state index in [2.05, 4.69) is 49.5 Å². The Morgan fingerprint density at radius 2 is 1.11 bits per heavy atom. The highest BCUT2D eigenvalue weighted by molar-refractivity contribution is 5.94. The van der Waals surface area contributed by atoms with Crippen molar-refractivity contribution in [2.45, 2.75) is 261 Å². The molecule has 1 atom stereocenters. The van der Waals surface area contributed by atoms with Gasteiger partial charge in [0.2, 0.25) is 0 Å². The average Bonchev–Trinajstić information content (AvgIpc) is 3.62. The number of ether oxygens (including phenoxy) is 1. The molecule has 0 saturated heterocycles. The number of aromatic nitrogens is 2. The van der Waals surface area contributed by atoms with E-state index in [1.165, 1.54) is 128 Å². The summed E-state index contributed by atoms with van der Waals surface area (Å²) in [6.07, 6.45) is 39.5. The molecule has 1 rings (SSSR count). The van der Waals surface area contributed by atoms with Crippen molar-refractivity contribution >= 4 is 17.7 Å². The van der Waals surface area contributed by atoms with Crippen LogP contribution in [-0.4, -0.2) is 58.4 Å². The number of imidazole rings is 1. The molecule has 1 aromatic heterocycles. The van der Waals surface area contributed by atoms with E-state index >= 15 is 0 Å². The Balaban J connectivity index is 0. The van der Waals surface area contributed by atoms with Gasteiger partial charge >= 0.3 is 5.97 Å². The molecule has 62 heavy (non-hydrogen) atoms. The molecule has 1 aromatic rings. The average molecular weight is 874 g/mol. The Bertz CT molecular complexity index is 1180. The number of unbranched alkanes of at least 4 members (excludes halogenated alkanes) is 21. The Labute approximate surface area is 384 Å². The molecule has 9 heteroatoms. The molecule has 0 bridgehead atoms. The molecule has 0 fully saturated rings. The number of esters is 1. The van der Waals surface area contributed by atoms with Crippen LogP contribution in [0.3, 0.4) is 0 Å². The number of nitrogens with one attached hydrogen (secondary N) is 1. The lowest BCUT2D eigenvalue weighted by atomic mass is 9.96. The highest BCUT2D eigenvalue weighted by atomic mass is 16.5. The van der Waals surface area contributed by atoms with Gasteiger partial charge in [-0.1, -0.05) is 196 Å². The van der Waals surface area contributed by atoms with E-state index < -0.39 is 0 Å². The lowest BCUT2D eigenvalue weighted by molar-refractivity contribution is -0.143. The number of ketones is 1. The number of hydrogen-bond donors (Lipinski definition) is 2. The summed E-state index contributed by atoms with van der Waals surface area (Å²) in [7, 11) is 0. The molecule has 0 radical (unpaired) electrons. The van der Waals surface area contributed by atoms with E-state index in [4.69, 9.17) is 10.5 Å². The van der Waals surface area contributed by atoms with E-state index in [1.807, 2.05) is 25.3 Å². The van der Waals surface area contributed by atoms with Crippen LogP contribution in [0.4, 0.5) is 0 Å². The lowest BCUT2D eigenvalue weighted by Crippen LogP contribution is -2.28. The van der Waals surface area contributed by atoms with Gasteiger partial charge < -0.3 is 30.0 Å². The van der Waals surface area contributed by atoms with Crippen molar-refractivity contribution in [2.75, 3.05) is 26.2 Å². The number of carbonyl (C=O) groups is 3. The summed E-state index contributed by atoms with van der Waals surface area (Å²) in [5.74, 6) is 0.998. The van der Waals surface area contributed by atoms with Crippen LogP contribution >= 0.6 is 0 Å². The SMILES string of the molecule is C=C(N)NC(=O)c1ncn(CCCN(CCCCCCCC(C)=O)CCCCCCCC(=O)OCCCCCCCCC)c1C.CC.CCCCCCCC(C)CCCCCC. The van der Waals surface area contributed by atoms with Gasteiger partial charge in [0.15, 0.2) is 0 Å². The van der Waals surface area contributed by atoms with Crippen LogP contribution in [-0.2, 0) is 20.9 Å². The first-order valence-electron chi connectivity index (χ1n) is 26.2. The number of rotatable bonds is 41. The van der Waals surface area contributed by atoms with Crippen molar-refractivity contribution in [3.8, 4) is 0 Å². The molecule has 0 saturated carbocycles. The summed E-state index contributed by atoms with van der Waals surface area (Å²) in [6.45, 7) is 24.9. The first-order valence-corrected chi connectivity index (χ1v) is 26.2. The molecule has 1 heterocycles. The number of hydrogen-bond acceptors (Lipinski definition) is 7. The predicted molar refractivity (Wildman–Crippen MR) is 266 cm³/mol. The minimum atomic E-state index is -0.330. The highest BCUT2D eigenvalue weighted by Gasteiger charge is 2.15. The monoisotopic (exact) mass is 874 g/mol. The molecule has 9 nitrogen and oxygen atoms in total. The third-order valence-corrected chi connectivity index (χ3v) is 11.7. The van der Waals surface area contributed by atoms with Gasteiger partial charge in [0.1, 0.15) is 11.5 Å². The molecule has 0 aromatic carbocycles. The number of amides is 1. The van der Waals surface area contributed by atoms with Crippen molar-refractivity contribution < 1.29 is 19.1 Å². The van der Waals surface area contributed by atoms with Gasteiger partial charge in [0.25, 0.3) is 5.91 Å². The van der Waals surface area contributed by atoms with Crippen molar-refractivity contribution in [2.24, 2.45) is 11.7 Å². The summed E-state index contributed by atoms with van der Waals surface area (Å²) in [4.78, 5) is 42.3. The van der Waals surface area contributed by atoms with E-state index in [0.717, 1.165) is 95.6 Å². The summed E-state index contributed by atoms with van der Waals surface area (Å²) < 4.78 is 7.45. The largest absolute Gasteiger partial charge is 0.466 e. The van der Waals surface area contributed by atoms with Crippen molar-refractivity contribution in [1.29, 1.82) is 0 Å². The number of Topliss-reactive ketones (excluding diaryl/α,β-unsaturated/α-hetero) is 1. The van der Waals surface area contributed by atoms with Crippen LogP contribution in [0.15, 0.2) is 18.7 Å². The summed E-state index contributed by atoms with van der Waals surface area (Å²) in [5, 5.41) is 2.52. The molecule has 1 unspecified atom stereocenters. The van der Waals surface area contributed by atoms with Crippen molar-refractivity contribution in [1.82, 2.24) is 19.8 Å². The smallest absolute Gasteiger partial charge is 0.305 e. The molecule has 0 aliphatic carbocycles. The Morgan fingerprint density at radius 3 is 1.63 bits per heavy atom. The zero-order valence-corrected chi connectivity index (χ0v) is 42.4. The predicted octanol–water partition coefficient (Wildman–Crippen LogP) is 14.6. The quantitative estimate of drug-likeness (QED) is 0.0497. The fraction of sp³-hybridized carbons (Fsp3) is 0.849. The molecule has 364 valence electrons. The molecule has 0 spiro atoms. The summed E-state index contributed by atoms with van der Waals surface area (Å²) in [6, 6.07) is 0. The van der Waals surface area contributed by atoms with Crippen LogP contribution in [0.5, 0.6) is 0 Å². The van der Waals surface area contributed by atoms with Crippen LogP contribution in [0, 0.1) is 12.8 Å². The van der Waals surface area contributed by atoms with Crippen LogP contribution < -0.4 is 11.1 Å². The van der Waals surface area contributed by atoms with E-state index in [9.17, 15) is 14.4 Å². The maximum atomic E-state index is 12.3. The topological polar surface area (TPSA) is 120 Å². The van der Waals surface area contributed by atoms with Gasteiger partial charge in [-0.15, -0.1) is 0 Å². The first kappa shape index (κ1) is 61.4. The number of nitrogens with two attached hydrogens (primary N) is 1. The van der Waals surface area contributed by atoms with E-state index in [0.29, 0.717) is 25.1 Å². The molecule has 1 amide bonds. The zero-order chi connectivity index (χ0) is 46.5. The second-order valence-corrected chi connectivity index (χ2v) is 17.8. The molecule has 0 aliphatic rings. The van der Waals surface area contributed by atoms with Gasteiger partial charge in [-0.25, -0.2) is 4.98 Å². The Kier molecular flexibility index (Phi) is 45.9. The van der Waals surface area contributed by atoms with Gasteiger partial charge in [0, 0.05) is 25.1 Å². The Morgan fingerprint density at radius 1 is 0.677 bits per heavy atom. The minimum absolute atomic E-state index is 0.0424. The fourth-order valence-electron chi connectivity index (χ4n) is 7.75. The van der Waals surface area contributed by atoms with Crippen molar-refractivity contribution in [3.63, 3.8) is 0 Å². The van der Waals surface area contributed by atoms with Crippen LogP contribution in [0.2, 0.25) is 0 Å². The second kappa shape index (κ2) is 46.3. The highest BCUT2D eigenvalue weighted by Crippen LogP contribution is 2.18. The van der Waals surface area contributed by atoms with Gasteiger partial charge in [-0.2, -0.15) is 0 Å². The van der Waals surface area contributed by atoms with Gasteiger partial charge in [-0.05, 0) is 77.9 Å². The third kappa shape index (κ3) is 40.1. The lowest BCUT2D eigenvalue weighted by Gasteiger charge is -2.22. The number of aryl methyl sites for hydroxylation is 1. The molecule has 3 N–H and O–H groups in total. The van der Waals surface area contributed by atoms with Crippen LogP contribution in [0.1, 0.15) is 264 Å². The second-order valence-electron chi connectivity index (χ2n) is 17.8. The number of carbonyl (C=O) groups excluding carboxylic acids is 3. The Hall–Kier alpha value is -2.68. The van der Waals surface area contributed by atoms with Crippen molar-refractivity contribution in [3.05, 3.63) is 30.1 Å². The maximum absolute atomic E-state index is 12.3. The maximum Gasteiger partial charge on any atom is 0.305 e. The van der Waals surface area contributed by atoms with E-state index in [1.54, 1.807) is 13.3 Å². The van der Waals surface area contributed by atoms with Crippen LogP contribution in [0.25, 0.3) is 0 Å². The van der Waals surface area contributed by atoms with Gasteiger partial charge in [-0.3, -0.25) is 9.59 Å². The molecule has 0 aliphatic heterocycles.